The van der Waals surface area contributed by atoms with Crippen molar-refractivity contribution in [3.8, 4) is 34.0 Å². The van der Waals surface area contributed by atoms with Gasteiger partial charge in [-0.1, -0.05) is 24.3 Å². The topological polar surface area (TPSA) is 82.2 Å². The first-order chi connectivity index (χ1) is 17.6. The molecule has 0 amide bonds. The molecule has 0 radical (unpaired) electrons. The summed E-state index contributed by atoms with van der Waals surface area (Å²) in [6.07, 6.45) is 5.13. The number of hydrogen-bond acceptors (Lipinski definition) is 6. The molecule has 0 saturated heterocycles. The highest BCUT2D eigenvalue weighted by atomic mass is 19.1. The Morgan fingerprint density at radius 2 is 1.81 bits per heavy atom. The van der Waals surface area contributed by atoms with Gasteiger partial charge in [-0.25, -0.2) is 14.4 Å². The van der Waals surface area contributed by atoms with Crippen LogP contribution in [0.25, 0.3) is 33.7 Å². The Hall–Kier alpha value is -4.30. The van der Waals surface area contributed by atoms with Gasteiger partial charge in [0.1, 0.15) is 35.9 Å². The van der Waals surface area contributed by atoms with Crippen molar-refractivity contribution >= 4 is 11.2 Å². The molecule has 0 saturated carbocycles. The van der Waals surface area contributed by atoms with E-state index in [0.29, 0.717) is 35.1 Å². The molecule has 3 aromatic heterocycles. The first-order valence-corrected chi connectivity index (χ1v) is 11.5. The molecule has 8 heteroatoms. The van der Waals surface area contributed by atoms with E-state index in [4.69, 9.17) is 14.2 Å². The molecule has 7 nitrogen and oxygen atoms in total. The first-order valence-electron chi connectivity index (χ1n) is 11.5. The highest BCUT2D eigenvalue weighted by Crippen LogP contribution is 2.31. The molecule has 3 heterocycles. The molecule has 1 unspecified atom stereocenters. The number of aromatic nitrogens is 4. The zero-order chi connectivity index (χ0) is 24.9. The molecule has 5 aromatic rings. The van der Waals surface area contributed by atoms with Crippen LogP contribution in [0.3, 0.4) is 0 Å². The summed E-state index contributed by atoms with van der Waals surface area (Å²) >= 11 is 0. The van der Waals surface area contributed by atoms with Gasteiger partial charge >= 0.3 is 0 Å². The highest BCUT2D eigenvalue weighted by molar-refractivity contribution is 5.81. The Morgan fingerprint density at radius 3 is 2.61 bits per heavy atom. The van der Waals surface area contributed by atoms with E-state index in [1.54, 1.807) is 50.0 Å². The number of imidazole rings is 1. The van der Waals surface area contributed by atoms with E-state index in [2.05, 4.69) is 19.9 Å². The van der Waals surface area contributed by atoms with Gasteiger partial charge in [-0.15, -0.1) is 0 Å². The molecule has 0 spiro atoms. The molecule has 36 heavy (non-hydrogen) atoms. The standard InChI is InChI=1S/C28H25FN4O3/c1-18(16-34-2)36-24-11-21(10-23(13-24)35-17-20-6-3-4-8-25(20)29)27-32-26-12-22(15-31-28(26)33-27)19-7-5-9-30-14-19/h3-15,18H,16-17H2,1-2H3,(H,31,32,33). The molecule has 0 fully saturated rings. The zero-order valence-electron chi connectivity index (χ0n) is 19.9. The van der Waals surface area contributed by atoms with E-state index < -0.39 is 0 Å². The van der Waals surface area contributed by atoms with Gasteiger partial charge in [0.15, 0.2) is 5.65 Å². The van der Waals surface area contributed by atoms with Crippen molar-refractivity contribution in [3.63, 3.8) is 0 Å². The number of nitrogens with one attached hydrogen (secondary N) is 1. The van der Waals surface area contributed by atoms with Crippen LogP contribution in [0.5, 0.6) is 11.5 Å². The van der Waals surface area contributed by atoms with E-state index in [1.807, 2.05) is 37.3 Å². The molecule has 1 N–H and O–H groups in total. The van der Waals surface area contributed by atoms with Crippen molar-refractivity contribution in [2.45, 2.75) is 19.6 Å². The minimum Gasteiger partial charge on any atom is -0.489 e. The van der Waals surface area contributed by atoms with Crippen molar-refractivity contribution in [3.05, 3.63) is 90.6 Å². The molecular weight excluding hydrogens is 459 g/mol. The molecule has 2 aromatic carbocycles. The van der Waals surface area contributed by atoms with Gasteiger partial charge in [-0.2, -0.15) is 0 Å². The maximum absolute atomic E-state index is 14.1. The number of methoxy groups -OCH3 is 1. The van der Waals surface area contributed by atoms with Crippen molar-refractivity contribution in [2.24, 2.45) is 0 Å². The summed E-state index contributed by atoms with van der Waals surface area (Å²) < 4.78 is 31.3. The van der Waals surface area contributed by atoms with Crippen LogP contribution in [0.15, 0.2) is 79.3 Å². The minimum absolute atomic E-state index is 0.0827. The Labute approximate surface area is 207 Å². The first kappa shape index (κ1) is 23.4. The largest absolute Gasteiger partial charge is 0.489 e. The summed E-state index contributed by atoms with van der Waals surface area (Å²) in [5, 5.41) is 0. The fraction of sp³-hybridized carbons (Fsp3) is 0.179. The number of H-pyrrole nitrogens is 1. The highest BCUT2D eigenvalue weighted by Gasteiger charge is 2.14. The van der Waals surface area contributed by atoms with E-state index >= 15 is 0 Å². The summed E-state index contributed by atoms with van der Waals surface area (Å²) in [5.74, 6) is 1.41. The number of hydrogen-bond donors (Lipinski definition) is 1. The second kappa shape index (κ2) is 10.5. The van der Waals surface area contributed by atoms with Crippen LogP contribution in [0.4, 0.5) is 4.39 Å². The molecular formula is C28H25FN4O3. The van der Waals surface area contributed by atoms with Crippen LogP contribution < -0.4 is 9.47 Å². The van der Waals surface area contributed by atoms with Crippen molar-refractivity contribution in [2.75, 3.05) is 13.7 Å². The lowest BCUT2D eigenvalue weighted by Crippen LogP contribution is -2.18. The minimum atomic E-state index is -0.313. The lowest BCUT2D eigenvalue weighted by atomic mass is 10.1. The number of halogens is 1. The number of pyridine rings is 2. The summed E-state index contributed by atoms with van der Waals surface area (Å²) in [6.45, 7) is 2.43. The third kappa shape index (κ3) is 5.34. The molecule has 5 rings (SSSR count). The SMILES string of the molecule is COCC(C)Oc1cc(OCc2ccccc2F)cc(-c2nc3ncc(-c4cccnc4)cc3[nH]2)c1. The third-order valence-corrected chi connectivity index (χ3v) is 5.58. The lowest BCUT2D eigenvalue weighted by Gasteiger charge is -2.16. The predicted octanol–water partition coefficient (Wildman–Crippen LogP) is 5.82. The maximum atomic E-state index is 14.1. The molecule has 0 aliphatic heterocycles. The van der Waals surface area contributed by atoms with E-state index in [-0.39, 0.29) is 18.5 Å². The Balaban J connectivity index is 1.48. The second-order valence-electron chi connectivity index (χ2n) is 8.38. The summed E-state index contributed by atoms with van der Waals surface area (Å²) in [7, 11) is 1.63. The fourth-order valence-electron chi connectivity index (χ4n) is 3.87. The quantitative estimate of drug-likeness (QED) is 0.284. The molecule has 0 bridgehead atoms. The van der Waals surface area contributed by atoms with Crippen LogP contribution in [0.2, 0.25) is 0 Å². The molecule has 182 valence electrons. The van der Waals surface area contributed by atoms with Gasteiger partial charge in [-0.05, 0) is 37.3 Å². The molecule has 1 atom stereocenters. The van der Waals surface area contributed by atoms with Gasteiger partial charge in [0.25, 0.3) is 0 Å². The summed E-state index contributed by atoms with van der Waals surface area (Å²) in [6, 6.07) is 17.9. The van der Waals surface area contributed by atoms with Crippen molar-refractivity contribution in [1.29, 1.82) is 0 Å². The van der Waals surface area contributed by atoms with Gasteiger partial charge in [0, 0.05) is 54.0 Å². The van der Waals surface area contributed by atoms with Crippen molar-refractivity contribution in [1.82, 2.24) is 19.9 Å². The number of fused-ring (bicyclic) bond motifs is 1. The fourth-order valence-corrected chi connectivity index (χ4v) is 3.87. The van der Waals surface area contributed by atoms with Crippen LogP contribution in [0, 0.1) is 5.82 Å². The maximum Gasteiger partial charge on any atom is 0.178 e. The number of aromatic amines is 1. The van der Waals surface area contributed by atoms with Gasteiger partial charge in [0.2, 0.25) is 0 Å². The van der Waals surface area contributed by atoms with Crippen LogP contribution in [0.1, 0.15) is 12.5 Å². The summed E-state index contributed by atoms with van der Waals surface area (Å²) in [5.41, 5.74) is 4.50. The monoisotopic (exact) mass is 484 g/mol. The molecule has 0 aliphatic rings. The van der Waals surface area contributed by atoms with E-state index in [9.17, 15) is 4.39 Å². The normalized spacial score (nSPS) is 12.0. The van der Waals surface area contributed by atoms with Gasteiger partial charge in [0.05, 0.1) is 12.1 Å². The van der Waals surface area contributed by atoms with Crippen LogP contribution >= 0.6 is 0 Å². The van der Waals surface area contributed by atoms with Crippen LogP contribution in [-0.4, -0.2) is 39.8 Å². The van der Waals surface area contributed by atoms with Crippen molar-refractivity contribution < 1.29 is 18.6 Å². The third-order valence-electron chi connectivity index (χ3n) is 5.58. The average Bonchev–Trinajstić information content (AvgIpc) is 3.32. The number of benzene rings is 2. The zero-order valence-corrected chi connectivity index (χ0v) is 19.9. The molecule has 0 aliphatic carbocycles. The van der Waals surface area contributed by atoms with Crippen LogP contribution in [-0.2, 0) is 11.3 Å². The smallest absolute Gasteiger partial charge is 0.178 e. The Kier molecular flexibility index (Phi) is 6.86. The second-order valence-corrected chi connectivity index (χ2v) is 8.38. The van der Waals surface area contributed by atoms with Gasteiger partial charge in [-0.3, -0.25) is 4.98 Å². The summed E-state index contributed by atoms with van der Waals surface area (Å²) in [4.78, 5) is 16.7. The number of ether oxygens (including phenoxy) is 3. The predicted molar refractivity (Wildman–Crippen MR) is 135 cm³/mol. The van der Waals surface area contributed by atoms with E-state index in [0.717, 1.165) is 22.2 Å². The Morgan fingerprint density at radius 1 is 0.944 bits per heavy atom. The number of rotatable bonds is 9. The average molecular weight is 485 g/mol. The lowest BCUT2D eigenvalue weighted by molar-refractivity contribution is 0.0919. The Bertz CT molecular complexity index is 1470. The van der Waals surface area contributed by atoms with E-state index in [1.165, 1.54) is 6.07 Å². The number of nitrogens with zero attached hydrogens (tertiary/aromatic N) is 3. The van der Waals surface area contributed by atoms with Gasteiger partial charge < -0.3 is 19.2 Å².